The molecule has 0 aliphatic heterocycles. The van der Waals surface area contributed by atoms with Crippen LogP contribution in [-0.2, 0) is 11.2 Å². The summed E-state index contributed by atoms with van der Waals surface area (Å²) >= 11 is 0. The molecule has 0 radical (unpaired) electrons. The number of hydrogen-bond donors (Lipinski definition) is 3. The lowest BCUT2D eigenvalue weighted by Crippen LogP contribution is -2.49. The van der Waals surface area contributed by atoms with Crippen molar-refractivity contribution in [2.75, 3.05) is 0 Å². The smallest absolute Gasteiger partial charge is 0.273 e. The van der Waals surface area contributed by atoms with Crippen molar-refractivity contribution in [3.05, 3.63) is 17.5 Å². The predicted octanol–water partition coefficient (Wildman–Crippen LogP) is 2.19. The quantitative estimate of drug-likeness (QED) is 0.665. The molecule has 8 heteroatoms. The maximum atomic E-state index is 12.4. The third-order valence-electron chi connectivity index (χ3n) is 4.84. The highest BCUT2D eigenvalue weighted by Gasteiger charge is 2.31. The van der Waals surface area contributed by atoms with Crippen molar-refractivity contribution in [1.82, 2.24) is 15.8 Å². The van der Waals surface area contributed by atoms with Gasteiger partial charge < -0.3 is 20.9 Å². The van der Waals surface area contributed by atoms with Gasteiger partial charge in [0.2, 0.25) is 5.91 Å². The highest BCUT2D eigenvalue weighted by atomic mass is 35.5. The molecule has 0 bridgehead atoms. The zero-order valence-corrected chi connectivity index (χ0v) is 16.6. The topological polar surface area (TPSA) is 110 Å². The van der Waals surface area contributed by atoms with Crippen molar-refractivity contribution in [1.29, 1.82) is 0 Å². The summed E-state index contributed by atoms with van der Waals surface area (Å²) in [5.41, 5.74) is 6.01. The molecule has 1 heterocycles. The second kappa shape index (κ2) is 10.5. The van der Waals surface area contributed by atoms with E-state index >= 15 is 0 Å². The molecular weight excluding hydrogens is 356 g/mol. The lowest BCUT2D eigenvalue weighted by atomic mass is 9.80. The van der Waals surface area contributed by atoms with E-state index in [0.717, 1.165) is 25.7 Å². The first-order chi connectivity index (χ1) is 11.9. The first-order valence-electron chi connectivity index (χ1n) is 9.24. The molecule has 1 aromatic heterocycles. The number of amides is 2. The maximum absolute atomic E-state index is 12.4. The van der Waals surface area contributed by atoms with E-state index in [9.17, 15) is 9.59 Å². The summed E-state index contributed by atoms with van der Waals surface area (Å²) in [6, 6.07) is 1.81. The fourth-order valence-electron chi connectivity index (χ4n) is 3.44. The number of nitrogens with zero attached hydrogens (tertiary/aromatic N) is 1. The van der Waals surface area contributed by atoms with Crippen LogP contribution in [0.4, 0.5) is 0 Å². The second-order valence-electron chi connectivity index (χ2n) is 7.04. The van der Waals surface area contributed by atoms with Crippen molar-refractivity contribution in [2.45, 2.75) is 77.4 Å². The fraction of sp³-hybridized carbons (Fsp3) is 0.722. The molecule has 0 spiro atoms. The summed E-state index contributed by atoms with van der Waals surface area (Å²) in [5.74, 6) is 0.854. The Morgan fingerprint density at radius 3 is 2.65 bits per heavy atom. The molecule has 1 fully saturated rings. The summed E-state index contributed by atoms with van der Waals surface area (Å²) in [6.07, 6.45) is 4.56. The van der Waals surface area contributed by atoms with E-state index in [1.165, 1.54) is 0 Å². The summed E-state index contributed by atoms with van der Waals surface area (Å²) in [4.78, 5) is 24.3. The molecule has 2 amide bonds. The molecular formula is C18H31ClN4O3. The van der Waals surface area contributed by atoms with Gasteiger partial charge in [-0.05, 0) is 32.1 Å². The van der Waals surface area contributed by atoms with Crippen molar-refractivity contribution in [3.8, 4) is 0 Å². The largest absolute Gasteiger partial charge is 0.361 e. The molecule has 4 atom stereocenters. The molecule has 0 saturated heterocycles. The monoisotopic (exact) mass is 386 g/mol. The average molecular weight is 387 g/mol. The number of nitrogens with two attached hydrogens (primary N) is 1. The molecule has 1 saturated carbocycles. The summed E-state index contributed by atoms with van der Waals surface area (Å²) < 4.78 is 5.10. The third kappa shape index (κ3) is 6.29. The van der Waals surface area contributed by atoms with E-state index in [4.69, 9.17) is 10.3 Å². The Morgan fingerprint density at radius 2 is 2.08 bits per heavy atom. The van der Waals surface area contributed by atoms with Gasteiger partial charge in [-0.3, -0.25) is 9.59 Å². The number of aromatic nitrogens is 1. The zero-order valence-electron chi connectivity index (χ0n) is 15.8. The summed E-state index contributed by atoms with van der Waals surface area (Å²) in [5, 5.41) is 9.99. The van der Waals surface area contributed by atoms with E-state index in [1.807, 2.05) is 13.8 Å². The van der Waals surface area contributed by atoms with Crippen LogP contribution in [0, 0.1) is 5.92 Å². The normalized spacial score (nSPS) is 23.6. The molecule has 1 aliphatic rings. The molecule has 0 aromatic carbocycles. The van der Waals surface area contributed by atoms with Crippen molar-refractivity contribution < 1.29 is 14.1 Å². The molecule has 2 rings (SSSR count). The van der Waals surface area contributed by atoms with Gasteiger partial charge in [-0.2, -0.15) is 0 Å². The number of halogens is 1. The lowest BCUT2D eigenvalue weighted by Gasteiger charge is -2.36. The second-order valence-corrected chi connectivity index (χ2v) is 7.04. The van der Waals surface area contributed by atoms with E-state index in [1.54, 1.807) is 6.07 Å². The van der Waals surface area contributed by atoms with Crippen molar-refractivity contribution in [3.63, 3.8) is 0 Å². The van der Waals surface area contributed by atoms with Crippen LogP contribution in [0.2, 0.25) is 0 Å². The standard InChI is InChI=1S/C18H30N4O3.ClH/c1-4-12-9-13(20-17(23)8-11(3)19)6-7-15(12)21-18(24)16-10-14(5-2)25-22-16;/h10-13,15H,4-9,19H2,1-3H3,(H,20,23)(H,21,24);1H/t11?,12-,13+,15+;/m0./s1. The highest BCUT2D eigenvalue weighted by molar-refractivity contribution is 5.92. The molecule has 26 heavy (non-hydrogen) atoms. The van der Waals surface area contributed by atoms with Crippen molar-refractivity contribution in [2.24, 2.45) is 11.7 Å². The first-order valence-corrected chi connectivity index (χ1v) is 9.24. The number of hydrogen-bond acceptors (Lipinski definition) is 5. The van der Waals surface area contributed by atoms with Gasteiger partial charge >= 0.3 is 0 Å². The molecule has 4 N–H and O–H groups in total. The van der Waals surface area contributed by atoms with Crippen LogP contribution >= 0.6 is 12.4 Å². The number of nitrogens with one attached hydrogen (secondary N) is 2. The third-order valence-corrected chi connectivity index (χ3v) is 4.84. The van der Waals surface area contributed by atoms with Gasteiger partial charge in [0, 0.05) is 37.0 Å². The minimum absolute atomic E-state index is 0. The maximum Gasteiger partial charge on any atom is 0.273 e. The molecule has 7 nitrogen and oxygen atoms in total. The number of aryl methyl sites for hydroxylation is 1. The molecule has 148 valence electrons. The summed E-state index contributed by atoms with van der Waals surface area (Å²) in [6.45, 7) is 5.90. The van der Waals surface area contributed by atoms with Crippen LogP contribution in [0.25, 0.3) is 0 Å². The number of rotatable bonds is 7. The summed E-state index contributed by atoms with van der Waals surface area (Å²) in [7, 11) is 0. The van der Waals surface area contributed by atoms with Crippen LogP contribution in [0.15, 0.2) is 10.6 Å². The van der Waals surface area contributed by atoms with Gasteiger partial charge in [0.25, 0.3) is 5.91 Å². The van der Waals surface area contributed by atoms with Crippen LogP contribution in [0.1, 0.15) is 69.1 Å². The van der Waals surface area contributed by atoms with Gasteiger partial charge in [0.1, 0.15) is 5.76 Å². The predicted molar refractivity (Wildman–Crippen MR) is 102 cm³/mol. The zero-order chi connectivity index (χ0) is 18.4. The Hall–Kier alpha value is -1.60. The van der Waals surface area contributed by atoms with E-state index in [2.05, 4.69) is 22.7 Å². The van der Waals surface area contributed by atoms with E-state index in [0.29, 0.717) is 30.2 Å². The number of carbonyl (C=O) groups excluding carboxylic acids is 2. The lowest BCUT2D eigenvalue weighted by molar-refractivity contribution is -0.122. The van der Waals surface area contributed by atoms with E-state index < -0.39 is 0 Å². The minimum Gasteiger partial charge on any atom is -0.361 e. The van der Waals surface area contributed by atoms with Crippen LogP contribution in [0.5, 0.6) is 0 Å². The van der Waals surface area contributed by atoms with E-state index in [-0.39, 0.29) is 42.3 Å². The Bertz CT molecular complexity index is 591. The van der Waals surface area contributed by atoms with Crippen LogP contribution in [0.3, 0.4) is 0 Å². The van der Waals surface area contributed by atoms with Crippen LogP contribution < -0.4 is 16.4 Å². The Morgan fingerprint density at radius 1 is 1.35 bits per heavy atom. The minimum atomic E-state index is -0.189. The molecule has 1 aliphatic carbocycles. The Kier molecular flexibility index (Phi) is 9.08. The van der Waals surface area contributed by atoms with Gasteiger partial charge in [0.05, 0.1) is 0 Å². The first kappa shape index (κ1) is 22.4. The Labute approximate surface area is 161 Å². The van der Waals surface area contributed by atoms with Gasteiger partial charge in [-0.15, -0.1) is 12.4 Å². The van der Waals surface area contributed by atoms with Gasteiger partial charge in [-0.25, -0.2) is 0 Å². The molecule has 1 unspecified atom stereocenters. The SMILES string of the molecule is CCc1cc(C(=O)N[C@@H]2CC[C@@H](NC(=O)CC(C)N)C[C@@H]2CC)no1.Cl. The van der Waals surface area contributed by atoms with Gasteiger partial charge in [-0.1, -0.05) is 25.4 Å². The molecule has 1 aromatic rings. The van der Waals surface area contributed by atoms with Crippen LogP contribution in [-0.4, -0.2) is 35.1 Å². The Balaban J connectivity index is 0.00000338. The van der Waals surface area contributed by atoms with Gasteiger partial charge in [0.15, 0.2) is 5.69 Å². The highest BCUT2D eigenvalue weighted by Crippen LogP contribution is 2.27. The fourth-order valence-corrected chi connectivity index (χ4v) is 3.44. The average Bonchev–Trinajstić information content (AvgIpc) is 3.04. The number of carbonyl (C=O) groups is 2. The van der Waals surface area contributed by atoms with Crippen molar-refractivity contribution >= 4 is 24.2 Å².